The van der Waals surface area contributed by atoms with Crippen molar-refractivity contribution in [3.63, 3.8) is 0 Å². The van der Waals surface area contributed by atoms with Gasteiger partial charge in [-0.3, -0.25) is 4.98 Å². The summed E-state index contributed by atoms with van der Waals surface area (Å²) in [6, 6.07) is 11.3. The lowest BCUT2D eigenvalue weighted by Crippen LogP contribution is -2.37. The molecule has 2 bridgehead atoms. The Morgan fingerprint density at radius 1 is 1.14 bits per heavy atom. The Morgan fingerprint density at radius 2 is 1.89 bits per heavy atom. The number of aliphatic hydroxyl groups is 1. The SMILES string of the molecule is CC[C@@H](O)COc1nc(N2CC3CCC(C3)C2)c2cnc(-c3cccc4cccc(Cl)c34)c(F)c2n1. The third-order valence-corrected chi connectivity index (χ3v) is 7.85. The van der Waals surface area contributed by atoms with E-state index in [9.17, 15) is 5.11 Å². The molecule has 2 fully saturated rings. The molecule has 8 heteroatoms. The van der Waals surface area contributed by atoms with Gasteiger partial charge < -0.3 is 14.7 Å². The van der Waals surface area contributed by atoms with Crippen molar-refractivity contribution in [2.45, 2.75) is 38.7 Å². The highest BCUT2D eigenvalue weighted by Crippen LogP contribution is 2.41. The van der Waals surface area contributed by atoms with Gasteiger partial charge in [0.2, 0.25) is 0 Å². The summed E-state index contributed by atoms with van der Waals surface area (Å²) in [4.78, 5) is 16.0. The number of halogens is 2. The third-order valence-electron chi connectivity index (χ3n) is 7.54. The summed E-state index contributed by atoms with van der Waals surface area (Å²) >= 11 is 6.53. The Bertz CT molecular complexity index is 1430. The minimum absolute atomic E-state index is 0.0468. The van der Waals surface area contributed by atoms with Gasteiger partial charge >= 0.3 is 6.01 Å². The Labute approximate surface area is 214 Å². The van der Waals surface area contributed by atoms with Crippen LogP contribution in [0.4, 0.5) is 10.2 Å². The molecule has 4 aromatic rings. The fourth-order valence-electron chi connectivity index (χ4n) is 5.68. The molecule has 0 spiro atoms. The molecule has 2 aromatic heterocycles. The first-order valence-electron chi connectivity index (χ1n) is 12.6. The molecule has 36 heavy (non-hydrogen) atoms. The number of aromatic nitrogens is 3. The fraction of sp³-hybridized carbons (Fsp3) is 0.393. The van der Waals surface area contributed by atoms with Gasteiger partial charge in [-0.05, 0) is 49.0 Å². The van der Waals surface area contributed by atoms with Gasteiger partial charge in [-0.1, -0.05) is 48.9 Å². The van der Waals surface area contributed by atoms with Gasteiger partial charge in [0.15, 0.2) is 5.82 Å². The topological polar surface area (TPSA) is 71.4 Å². The molecular formula is C28H28ClFN4O2. The van der Waals surface area contributed by atoms with Crippen molar-refractivity contribution in [2.24, 2.45) is 11.8 Å². The van der Waals surface area contributed by atoms with E-state index in [4.69, 9.17) is 16.3 Å². The fourth-order valence-corrected chi connectivity index (χ4v) is 5.96. The lowest BCUT2D eigenvalue weighted by Gasteiger charge is -2.33. The van der Waals surface area contributed by atoms with E-state index >= 15 is 4.39 Å². The average molecular weight is 507 g/mol. The Balaban J connectivity index is 1.51. The molecule has 2 unspecified atom stereocenters. The summed E-state index contributed by atoms with van der Waals surface area (Å²) in [5.41, 5.74) is 0.953. The van der Waals surface area contributed by atoms with E-state index in [0.29, 0.717) is 40.0 Å². The molecule has 0 amide bonds. The number of ether oxygens (including phenoxy) is 1. The first-order valence-corrected chi connectivity index (χ1v) is 13.0. The molecule has 3 heterocycles. The van der Waals surface area contributed by atoms with Crippen molar-refractivity contribution < 1.29 is 14.2 Å². The number of benzene rings is 2. The zero-order valence-electron chi connectivity index (χ0n) is 20.1. The predicted molar refractivity (Wildman–Crippen MR) is 140 cm³/mol. The van der Waals surface area contributed by atoms with Gasteiger partial charge in [-0.2, -0.15) is 9.97 Å². The van der Waals surface area contributed by atoms with Crippen LogP contribution in [0.3, 0.4) is 0 Å². The second kappa shape index (κ2) is 9.45. The van der Waals surface area contributed by atoms with Crippen molar-refractivity contribution in [1.82, 2.24) is 15.0 Å². The smallest absolute Gasteiger partial charge is 0.319 e. The highest BCUT2D eigenvalue weighted by atomic mass is 35.5. The summed E-state index contributed by atoms with van der Waals surface area (Å²) in [5.74, 6) is 1.35. The van der Waals surface area contributed by atoms with Crippen LogP contribution in [0.1, 0.15) is 32.6 Å². The van der Waals surface area contributed by atoms with Crippen LogP contribution in [0.2, 0.25) is 5.02 Å². The minimum atomic E-state index is -0.644. The van der Waals surface area contributed by atoms with Gasteiger partial charge in [-0.15, -0.1) is 0 Å². The lowest BCUT2D eigenvalue weighted by molar-refractivity contribution is 0.0991. The maximum atomic E-state index is 16.3. The Hall–Kier alpha value is -3.03. The van der Waals surface area contributed by atoms with Crippen LogP contribution in [0.15, 0.2) is 42.6 Å². The largest absolute Gasteiger partial charge is 0.461 e. The lowest BCUT2D eigenvalue weighted by atomic mass is 9.98. The summed E-state index contributed by atoms with van der Waals surface area (Å²) in [6.07, 6.45) is 5.24. The van der Waals surface area contributed by atoms with Gasteiger partial charge in [0.25, 0.3) is 0 Å². The summed E-state index contributed by atoms with van der Waals surface area (Å²) < 4.78 is 22.0. The van der Waals surface area contributed by atoms with Crippen molar-refractivity contribution >= 4 is 39.1 Å². The summed E-state index contributed by atoms with van der Waals surface area (Å²) in [6.45, 7) is 3.67. The van der Waals surface area contributed by atoms with E-state index in [0.717, 1.165) is 23.9 Å². The zero-order valence-corrected chi connectivity index (χ0v) is 20.9. The van der Waals surface area contributed by atoms with Crippen molar-refractivity contribution in [2.75, 3.05) is 24.6 Å². The molecule has 1 N–H and O–H groups in total. The average Bonchev–Trinajstić information content (AvgIpc) is 3.24. The number of nitrogens with zero attached hydrogens (tertiary/aromatic N) is 4. The minimum Gasteiger partial charge on any atom is -0.461 e. The standard InChI is InChI=1S/C28H28ClFN4O2/c1-2-19(35)15-36-28-32-26-21(27(33-28)34-13-16-9-10-17(11-16)14-34)12-31-25(24(26)30)20-7-3-5-18-6-4-8-22(29)23(18)20/h3-8,12,16-17,19,35H,2,9-11,13-15H2,1H3/t16?,17?,19-/m1/s1. The third kappa shape index (κ3) is 4.14. The van der Waals surface area contributed by atoms with E-state index < -0.39 is 11.9 Å². The molecule has 6 rings (SSSR count). The monoisotopic (exact) mass is 506 g/mol. The maximum absolute atomic E-state index is 16.3. The molecule has 1 aliphatic heterocycles. The number of fused-ring (bicyclic) bond motifs is 4. The van der Waals surface area contributed by atoms with E-state index in [1.807, 2.05) is 37.3 Å². The highest BCUT2D eigenvalue weighted by molar-refractivity contribution is 6.36. The van der Waals surface area contributed by atoms with Crippen LogP contribution in [-0.2, 0) is 0 Å². The molecule has 1 saturated heterocycles. The molecule has 3 atom stereocenters. The van der Waals surface area contributed by atoms with Crippen LogP contribution in [0, 0.1) is 17.7 Å². The summed E-state index contributed by atoms with van der Waals surface area (Å²) in [5, 5.41) is 12.8. The number of piperidine rings is 1. The molecule has 2 aliphatic rings. The quantitative estimate of drug-likeness (QED) is 0.344. The molecule has 1 aliphatic carbocycles. The van der Waals surface area contributed by atoms with Gasteiger partial charge in [0.05, 0.1) is 11.5 Å². The Morgan fingerprint density at radius 3 is 2.64 bits per heavy atom. The van der Waals surface area contributed by atoms with E-state index in [1.165, 1.54) is 19.3 Å². The normalized spacial score (nSPS) is 20.3. The van der Waals surface area contributed by atoms with Gasteiger partial charge in [0, 0.05) is 35.3 Å². The van der Waals surface area contributed by atoms with Crippen LogP contribution >= 0.6 is 11.6 Å². The molecule has 2 aromatic carbocycles. The van der Waals surface area contributed by atoms with Crippen molar-refractivity contribution in [3.05, 3.63) is 53.4 Å². The number of aliphatic hydroxyl groups excluding tert-OH is 1. The maximum Gasteiger partial charge on any atom is 0.319 e. The predicted octanol–water partition coefficient (Wildman–Crippen LogP) is 6.02. The summed E-state index contributed by atoms with van der Waals surface area (Å²) in [7, 11) is 0. The highest BCUT2D eigenvalue weighted by Gasteiger charge is 2.34. The van der Waals surface area contributed by atoms with Crippen LogP contribution in [0.5, 0.6) is 6.01 Å². The number of hydrogen-bond acceptors (Lipinski definition) is 6. The number of pyridine rings is 1. The van der Waals surface area contributed by atoms with E-state index in [2.05, 4.69) is 19.9 Å². The van der Waals surface area contributed by atoms with E-state index in [1.54, 1.807) is 12.3 Å². The van der Waals surface area contributed by atoms with Crippen LogP contribution in [0.25, 0.3) is 32.9 Å². The zero-order chi connectivity index (χ0) is 24.8. The van der Waals surface area contributed by atoms with Crippen LogP contribution in [-0.4, -0.2) is 45.9 Å². The molecular weight excluding hydrogens is 479 g/mol. The second-order valence-electron chi connectivity index (χ2n) is 9.98. The molecule has 1 saturated carbocycles. The first-order chi connectivity index (χ1) is 17.5. The number of rotatable bonds is 6. The molecule has 0 radical (unpaired) electrons. The Kier molecular flexibility index (Phi) is 6.13. The van der Waals surface area contributed by atoms with Crippen molar-refractivity contribution in [3.8, 4) is 17.3 Å². The van der Waals surface area contributed by atoms with Gasteiger partial charge in [-0.25, -0.2) is 4.39 Å². The number of anilines is 1. The molecule has 186 valence electrons. The van der Waals surface area contributed by atoms with Crippen LogP contribution < -0.4 is 9.64 Å². The first kappa shape index (κ1) is 23.4. The van der Waals surface area contributed by atoms with Crippen molar-refractivity contribution in [1.29, 1.82) is 0 Å². The van der Waals surface area contributed by atoms with Gasteiger partial charge in [0.1, 0.15) is 23.6 Å². The molecule has 6 nitrogen and oxygen atoms in total. The second-order valence-corrected chi connectivity index (χ2v) is 10.4. The number of hydrogen-bond donors (Lipinski definition) is 1. The van der Waals surface area contributed by atoms with E-state index in [-0.39, 0.29) is 23.8 Å².